The van der Waals surface area contributed by atoms with Crippen molar-refractivity contribution in [2.24, 2.45) is 4.99 Å². The van der Waals surface area contributed by atoms with Gasteiger partial charge < -0.3 is 0 Å². The van der Waals surface area contributed by atoms with Crippen LogP contribution in [0.5, 0.6) is 0 Å². The Kier molecular flexibility index (Phi) is 6.08. The zero-order valence-electron chi connectivity index (χ0n) is 17.3. The molecule has 0 spiro atoms. The highest BCUT2D eigenvalue weighted by Gasteiger charge is 2.13. The number of aryl methyl sites for hydroxylation is 1. The van der Waals surface area contributed by atoms with Crippen LogP contribution in [-0.4, -0.2) is 6.21 Å². The van der Waals surface area contributed by atoms with Crippen molar-refractivity contribution in [3.63, 3.8) is 0 Å². The molecule has 0 aliphatic carbocycles. The van der Waals surface area contributed by atoms with Crippen LogP contribution in [-0.2, 0) is 0 Å². The van der Waals surface area contributed by atoms with Gasteiger partial charge >= 0.3 is 0 Å². The molecule has 2 heteroatoms. The van der Waals surface area contributed by atoms with Gasteiger partial charge in [-0.2, -0.15) is 0 Å². The maximum absolute atomic E-state index is 13.4. The van der Waals surface area contributed by atoms with E-state index in [2.05, 4.69) is 65.0 Å². The Morgan fingerprint density at radius 2 is 1.36 bits per heavy atom. The fourth-order valence-electron chi connectivity index (χ4n) is 3.52. The summed E-state index contributed by atoms with van der Waals surface area (Å²) in [6.07, 6.45) is 1.97. The minimum atomic E-state index is -0.223. The second-order valence-corrected chi connectivity index (χ2v) is 7.90. The number of benzene rings is 3. The zero-order valence-corrected chi connectivity index (χ0v) is 17.3. The standard InChI is InChI=1S/C26H28FN/c1-17(2)22-9-7-10-23(18(3)4)26(22)28-16-25-19(5)8-6-11-24(25)20-12-14-21(27)15-13-20/h6-18H,1-5H3. The van der Waals surface area contributed by atoms with Gasteiger partial charge in [0, 0.05) is 11.8 Å². The molecule has 1 nitrogen and oxygen atoms in total. The normalized spacial score (nSPS) is 11.7. The number of nitrogens with zero attached hydrogens (tertiary/aromatic N) is 1. The van der Waals surface area contributed by atoms with E-state index in [-0.39, 0.29) is 5.82 Å². The van der Waals surface area contributed by atoms with E-state index in [1.807, 2.05) is 24.4 Å². The molecule has 0 unspecified atom stereocenters. The van der Waals surface area contributed by atoms with Crippen molar-refractivity contribution in [2.45, 2.75) is 46.5 Å². The van der Waals surface area contributed by atoms with E-state index in [9.17, 15) is 4.39 Å². The van der Waals surface area contributed by atoms with Gasteiger partial charge in [0.15, 0.2) is 0 Å². The first-order valence-electron chi connectivity index (χ1n) is 9.91. The third-order valence-electron chi connectivity index (χ3n) is 5.14. The molecule has 0 amide bonds. The molecule has 0 heterocycles. The first-order chi connectivity index (χ1) is 13.4. The van der Waals surface area contributed by atoms with Crippen LogP contribution in [0.25, 0.3) is 11.1 Å². The van der Waals surface area contributed by atoms with Crippen molar-refractivity contribution in [1.82, 2.24) is 0 Å². The van der Waals surface area contributed by atoms with Gasteiger partial charge in [0.05, 0.1) is 5.69 Å². The predicted octanol–water partition coefficient (Wildman–Crippen LogP) is 7.80. The van der Waals surface area contributed by atoms with Crippen molar-refractivity contribution >= 4 is 11.9 Å². The Morgan fingerprint density at radius 1 is 0.786 bits per heavy atom. The molecular weight excluding hydrogens is 345 g/mol. The summed E-state index contributed by atoms with van der Waals surface area (Å²) in [5.41, 5.74) is 7.88. The Balaban J connectivity index is 2.13. The van der Waals surface area contributed by atoms with Gasteiger partial charge in [-0.3, -0.25) is 4.99 Å². The van der Waals surface area contributed by atoms with E-state index in [4.69, 9.17) is 4.99 Å². The van der Waals surface area contributed by atoms with Crippen molar-refractivity contribution < 1.29 is 4.39 Å². The maximum Gasteiger partial charge on any atom is 0.123 e. The largest absolute Gasteiger partial charge is 0.256 e. The van der Waals surface area contributed by atoms with E-state index in [1.54, 1.807) is 0 Å². The van der Waals surface area contributed by atoms with Crippen LogP contribution in [0.3, 0.4) is 0 Å². The first kappa shape index (κ1) is 20.0. The minimum absolute atomic E-state index is 0.223. The number of hydrogen-bond acceptors (Lipinski definition) is 1. The Morgan fingerprint density at radius 3 is 1.93 bits per heavy atom. The van der Waals surface area contributed by atoms with E-state index >= 15 is 0 Å². The lowest BCUT2D eigenvalue weighted by atomic mass is 9.92. The molecule has 0 fully saturated rings. The molecule has 144 valence electrons. The Bertz CT molecular complexity index is 956. The molecule has 3 aromatic rings. The number of para-hydroxylation sites is 1. The SMILES string of the molecule is Cc1cccc(-c2ccc(F)cc2)c1C=Nc1c(C(C)C)cccc1C(C)C. The summed E-state index contributed by atoms with van der Waals surface area (Å²) in [6.45, 7) is 10.9. The minimum Gasteiger partial charge on any atom is -0.256 e. The maximum atomic E-state index is 13.4. The van der Waals surface area contributed by atoms with E-state index in [0.29, 0.717) is 11.8 Å². The van der Waals surface area contributed by atoms with Crippen molar-refractivity contribution in [2.75, 3.05) is 0 Å². The third-order valence-corrected chi connectivity index (χ3v) is 5.14. The van der Waals surface area contributed by atoms with Gasteiger partial charge in [-0.25, -0.2) is 4.39 Å². The quantitative estimate of drug-likeness (QED) is 0.405. The molecule has 0 saturated heterocycles. The molecule has 0 bridgehead atoms. The molecule has 0 saturated carbocycles. The molecule has 0 N–H and O–H groups in total. The van der Waals surface area contributed by atoms with Crippen LogP contribution in [0.2, 0.25) is 0 Å². The average molecular weight is 374 g/mol. The summed E-state index contributed by atoms with van der Waals surface area (Å²) in [5, 5.41) is 0. The fourth-order valence-corrected chi connectivity index (χ4v) is 3.52. The highest BCUT2D eigenvalue weighted by atomic mass is 19.1. The number of aliphatic imine (C=N–C) groups is 1. The molecule has 28 heavy (non-hydrogen) atoms. The van der Waals surface area contributed by atoms with E-state index < -0.39 is 0 Å². The van der Waals surface area contributed by atoms with Crippen LogP contribution < -0.4 is 0 Å². The summed E-state index contributed by atoms with van der Waals surface area (Å²) < 4.78 is 13.4. The summed E-state index contributed by atoms with van der Waals surface area (Å²) in [5.74, 6) is 0.581. The van der Waals surface area contributed by atoms with Crippen LogP contribution in [0, 0.1) is 12.7 Å². The van der Waals surface area contributed by atoms with Gasteiger partial charge in [0.25, 0.3) is 0 Å². The Labute approximate surface area is 168 Å². The smallest absolute Gasteiger partial charge is 0.123 e. The fraction of sp³-hybridized carbons (Fsp3) is 0.269. The predicted molar refractivity (Wildman–Crippen MR) is 118 cm³/mol. The molecule has 3 aromatic carbocycles. The molecule has 0 aromatic heterocycles. The third kappa shape index (κ3) is 4.22. The van der Waals surface area contributed by atoms with E-state index in [0.717, 1.165) is 27.9 Å². The van der Waals surface area contributed by atoms with Crippen molar-refractivity contribution in [1.29, 1.82) is 0 Å². The first-order valence-corrected chi connectivity index (χ1v) is 9.91. The van der Waals surface area contributed by atoms with Crippen molar-refractivity contribution in [3.05, 3.63) is 88.7 Å². The van der Waals surface area contributed by atoms with Gasteiger partial charge in [-0.15, -0.1) is 0 Å². The van der Waals surface area contributed by atoms with Gasteiger partial charge in [-0.1, -0.05) is 76.2 Å². The van der Waals surface area contributed by atoms with Crippen LogP contribution in [0.4, 0.5) is 10.1 Å². The van der Waals surface area contributed by atoms with E-state index in [1.165, 1.54) is 23.3 Å². The molecule has 0 aliphatic rings. The Hall–Kier alpha value is -2.74. The van der Waals surface area contributed by atoms with Crippen LogP contribution >= 0.6 is 0 Å². The lowest BCUT2D eigenvalue weighted by Gasteiger charge is -2.16. The second kappa shape index (κ2) is 8.52. The lowest BCUT2D eigenvalue weighted by Crippen LogP contribution is -1.97. The molecule has 0 aliphatic heterocycles. The van der Waals surface area contributed by atoms with Crippen LogP contribution in [0.15, 0.2) is 65.7 Å². The van der Waals surface area contributed by atoms with Gasteiger partial charge in [0.2, 0.25) is 0 Å². The molecule has 0 atom stereocenters. The van der Waals surface area contributed by atoms with Crippen molar-refractivity contribution in [3.8, 4) is 11.1 Å². The topological polar surface area (TPSA) is 12.4 Å². The summed E-state index contributed by atoms with van der Waals surface area (Å²) in [4.78, 5) is 4.98. The summed E-state index contributed by atoms with van der Waals surface area (Å²) in [7, 11) is 0. The number of hydrogen-bond donors (Lipinski definition) is 0. The highest BCUT2D eigenvalue weighted by Crippen LogP contribution is 2.35. The van der Waals surface area contributed by atoms with Gasteiger partial charge in [-0.05, 0) is 58.7 Å². The lowest BCUT2D eigenvalue weighted by molar-refractivity contribution is 0.628. The molecule has 3 rings (SSSR count). The van der Waals surface area contributed by atoms with Gasteiger partial charge in [0.1, 0.15) is 5.82 Å². The summed E-state index contributed by atoms with van der Waals surface area (Å²) in [6, 6.07) is 19.3. The summed E-state index contributed by atoms with van der Waals surface area (Å²) >= 11 is 0. The number of rotatable bonds is 5. The molecule has 0 radical (unpaired) electrons. The number of halogens is 1. The monoisotopic (exact) mass is 373 g/mol. The van der Waals surface area contributed by atoms with Crippen LogP contribution in [0.1, 0.15) is 61.8 Å². The highest BCUT2D eigenvalue weighted by molar-refractivity contribution is 5.93. The second-order valence-electron chi connectivity index (χ2n) is 7.90. The average Bonchev–Trinajstić information content (AvgIpc) is 2.67. The zero-order chi connectivity index (χ0) is 20.3. The molecular formula is C26H28FN.